The lowest BCUT2D eigenvalue weighted by Crippen LogP contribution is -2.50. The molecule has 2 nitrogen and oxygen atoms in total. The van der Waals surface area contributed by atoms with Crippen molar-refractivity contribution in [2.24, 2.45) is 0 Å². The average molecular weight is 267 g/mol. The van der Waals surface area contributed by atoms with Crippen LogP contribution in [0.3, 0.4) is 0 Å². The van der Waals surface area contributed by atoms with Crippen LogP contribution in [0, 0.1) is 0 Å². The van der Waals surface area contributed by atoms with Gasteiger partial charge in [0.25, 0.3) is 0 Å². The highest BCUT2D eigenvalue weighted by atomic mass is 35.6. The molecular formula is C6H14ClF3O2Si2. The summed E-state index contributed by atoms with van der Waals surface area (Å²) in [5, 5.41) is 0. The first-order valence-electron chi connectivity index (χ1n) is 4.06. The quantitative estimate of drug-likeness (QED) is 0.562. The van der Waals surface area contributed by atoms with Crippen molar-refractivity contribution in [2.45, 2.75) is 25.2 Å². The zero-order chi connectivity index (χ0) is 11.4. The fourth-order valence-electron chi connectivity index (χ4n) is 0.892. The van der Waals surface area contributed by atoms with Crippen LogP contribution in [0.1, 0.15) is 6.42 Å². The lowest BCUT2D eigenvalue weighted by atomic mass is 10.5. The van der Waals surface area contributed by atoms with E-state index >= 15 is 0 Å². The molecule has 0 amide bonds. The highest BCUT2D eigenvalue weighted by Crippen LogP contribution is 2.26. The molecule has 0 rings (SSSR count). The van der Waals surface area contributed by atoms with Crippen LogP contribution in [-0.4, -0.2) is 36.1 Å². The summed E-state index contributed by atoms with van der Waals surface area (Å²) in [7, 11) is -1.71. The van der Waals surface area contributed by atoms with Gasteiger partial charge in [-0.1, -0.05) is 0 Å². The Kier molecular flexibility index (Phi) is 5.67. The lowest BCUT2D eigenvalue weighted by Gasteiger charge is -2.26. The van der Waals surface area contributed by atoms with Crippen LogP contribution >= 0.6 is 11.1 Å². The molecule has 0 aromatic rings. The molecule has 0 aliphatic carbocycles. The van der Waals surface area contributed by atoms with Crippen LogP contribution < -0.4 is 0 Å². The molecule has 0 saturated carbocycles. The van der Waals surface area contributed by atoms with Crippen molar-refractivity contribution >= 4 is 26.8 Å². The zero-order valence-corrected chi connectivity index (χ0v) is 11.2. The lowest BCUT2D eigenvalue weighted by molar-refractivity contribution is -0.130. The third-order valence-corrected chi connectivity index (χ3v) is 15.5. The van der Waals surface area contributed by atoms with Crippen molar-refractivity contribution in [3.05, 3.63) is 0 Å². The molecule has 0 radical (unpaired) electrons. The van der Waals surface area contributed by atoms with Crippen LogP contribution in [0.2, 0.25) is 12.6 Å². The van der Waals surface area contributed by atoms with Gasteiger partial charge in [-0.05, 0) is 12.6 Å². The van der Waals surface area contributed by atoms with Gasteiger partial charge >= 0.3 is 14.3 Å². The molecule has 0 aromatic carbocycles. The first kappa shape index (κ1) is 14.4. The first-order valence-corrected chi connectivity index (χ1v) is 10.7. The molecular weight excluding hydrogens is 253 g/mol. The standard InChI is InChI=1S/C6H14ClF3O2Si2/c1-11-14(3,12-2)13(7)5-4-6(8,9)10/h13H,4-5H2,1-3H3. The molecule has 1 atom stereocenters. The van der Waals surface area contributed by atoms with Gasteiger partial charge in [-0.25, -0.2) is 0 Å². The van der Waals surface area contributed by atoms with E-state index in [1.165, 1.54) is 14.2 Å². The van der Waals surface area contributed by atoms with E-state index in [9.17, 15) is 13.2 Å². The van der Waals surface area contributed by atoms with Crippen LogP contribution in [0.15, 0.2) is 0 Å². The second kappa shape index (κ2) is 5.50. The van der Waals surface area contributed by atoms with E-state index in [0.29, 0.717) is 0 Å². The van der Waals surface area contributed by atoms with Crippen molar-refractivity contribution in [3.63, 3.8) is 0 Å². The van der Waals surface area contributed by atoms with E-state index in [1.54, 1.807) is 6.55 Å². The van der Waals surface area contributed by atoms with Crippen molar-refractivity contribution in [1.82, 2.24) is 0 Å². The Morgan fingerprint density at radius 1 is 1.29 bits per heavy atom. The molecule has 0 aliphatic heterocycles. The number of hydrogen-bond donors (Lipinski definition) is 0. The third-order valence-electron chi connectivity index (χ3n) is 2.06. The van der Waals surface area contributed by atoms with Crippen LogP contribution in [0.5, 0.6) is 0 Å². The molecule has 0 bridgehead atoms. The largest absolute Gasteiger partial charge is 0.400 e. The van der Waals surface area contributed by atoms with Crippen molar-refractivity contribution in [3.8, 4) is 0 Å². The topological polar surface area (TPSA) is 18.5 Å². The Morgan fingerprint density at radius 3 is 2.00 bits per heavy atom. The minimum atomic E-state index is -4.14. The predicted octanol–water partition coefficient (Wildman–Crippen LogP) is 2.34. The molecule has 8 heteroatoms. The van der Waals surface area contributed by atoms with E-state index in [4.69, 9.17) is 19.9 Å². The Morgan fingerprint density at radius 2 is 1.71 bits per heavy atom. The molecule has 0 aliphatic rings. The molecule has 1 unspecified atom stereocenters. The maximum atomic E-state index is 11.9. The molecule has 0 fully saturated rings. The van der Waals surface area contributed by atoms with Gasteiger partial charge in [-0.2, -0.15) is 24.3 Å². The Bertz CT molecular complexity index is 175. The molecule has 0 spiro atoms. The smallest absolute Gasteiger partial charge is 0.388 e. The van der Waals surface area contributed by atoms with E-state index in [2.05, 4.69) is 0 Å². The summed E-state index contributed by atoms with van der Waals surface area (Å²) in [6, 6.07) is -0.0323. The number of rotatable bonds is 5. The monoisotopic (exact) mass is 266 g/mol. The molecule has 0 heterocycles. The highest BCUT2D eigenvalue weighted by molar-refractivity contribution is 7.46. The van der Waals surface area contributed by atoms with Gasteiger partial charge in [0.05, 0.1) is 0 Å². The van der Waals surface area contributed by atoms with Gasteiger partial charge in [0.2, 0.25) is 0 Å². The summed E-state index contributed by atoms with van der Waals surface area (Å²) >= 11 is 5.94. The fraction of sp³-hybridized carbons (Fsp3) is 1.00. The molecule has 0 N–H and O–H groups in total. The second-order valence-electron chi connectivity index (χ2n) is 3.05. The van der Waals surface area contributed by atoms with Gasteiger partial charge in [0.15, 0.2) is 7.62 Å². The number of hydrogen-bond acceptors (Lipinski definition) is 2. The van der Waals surface area contributed by atoms with E-state index in [0.717, 1.165) is 0 Å². The Labute approximate surface area is 88.7 Å². The maximum Gasteiger partial charge on any atom is 0.388 e. The van der Waals surface area contributed by atoms with Gasteiger partial charge in [0, 0.05) is 20.6 Å². The second-order valence-corrected chi connectivity index (χ2v) is 15.3. The summed E-state index contributed by atoms with van der Waals surface area (Å²) in [6.07, 6.45) is -4.99. The summed E-state index contributed by atoms with van der Waals surface area (Å²) in [6.45, 7) is 1.70. The van der Waals surface area contributed by atoms with E-state index in [-0.39, 0.29) is 6.04 Å². The normalized spacial score (nSPS) is 15.6. The maximum absolute atomic E-state index is 11.9. The zero-order valence-electron chi connectivity index (χ0n) is 8.32. The fourth-order valence-corrected chi connectivity index (χ4v) is 8.15. The van der Waals surface area contributed by atoms with Gasteiger partial charge in [0.1, 0.15) is 0 Å². The SMILES string of the molecule is CO[Si](C)(OC)[SiH](Cl)CCC(F)(F)F. The summed E-state index contributed by atoms with van der Waals surface area (Å²) in [5.41, 5.74) is 0. The molecule has 86 valence electrons. The minimum Gasteiger partial charge on any atom is -0.400 e. The van der Waals surface area contributed by atoms with Crippen molar-refractivity contribution in [2.75, 3.05) is 14.2 Å². The van der Waals surface area contributed by atoms with Crippen LogP contribution in [-0.2, 0) is 8.85 Å². The molecule has 14 heavy (non-hydrogen) atoms. The molecule has 0 aromatic heterocycles. The third kappa shape index (κ3) is 4.78. The first-order chi connectivity index (χ1) is 6.25. The van der Waals surface area contributed by atoms with Crippen LogP contribution in [0.4, 0.5) is 13.2 Å². The minimum absolute atomic E-state index is 0.0323. The van der Waals surface area contributed by atoms with E-state index < -0.39 is 28.3 Å². The Hall–Kier alpha value is 0.434. The van der Waals surface area contributed by atoms with Crippen LogP contribution in [0.25, 0.3) is 0 Å². The summed E-state index contributed by atoms with van der Waals surface area (Å²) in [4.78, 5) is 0. The summed E-state index contributed by atoms with van der Waals surface area (Å²) < 4.78 is 45.9. The number of alkyl halides is 3. The van der Waals surface area contributed by atoms with Gasteiger partial charge < -0.3 is 8.85 Å². The summed E-state index contributed by atoms with van der Waals surface area (Å²) in [5.74, 6) is 0. The van der Waals surface area contributed by atoms with Gasteiger partial charge in [-0.15, -0.1) is 0 Å². The van der Waals surface area contributed by atoms with Gasteiger partial charge in [-0.3, -0.25) is 0 Å². The number of halogens is 4. The highest BCUT2D eigenvalue weighted by Gasteiger charge is 2.42. The van der Waals surface area contributed by atoms with E-state index in [1.807, 2.05) is 0 Å². The molecule has 0 saturated heterocycles. The van der Waals surface area contributed by atoms with Crippen molar-refractivity contribution in [1.29, 1.82) is 0 Å². The predicted molar refractivity (Wildman–Crippen MR) is 54.1 cm³/mol. The average Bonchev–Trinajstić information content (AvgIpc) is 2.11. The van der Waals surface area contributed by atoms with Crippen molar-refractivity contribution < 1.29 is 22.0 Å². The Balaban J connectivity index is 4.12.